The molecule has 4 heteroatoms. The van der Waals surface area contributed by atoms with Crippen LogP contribution in [0.4, 0.5) is 0 Å². The van der Waals surface area contributed by atoms with Crippen molar-refractivity contribution in [2.45, 2.75) is 31.7 Å². The van der Waals surface area contributed by atoms with Crippen LogP contribution in [0.25, 0.3) is 0 Å². The number of amides is 1. The maximum atomic E-state index is 11.0. The maximum absolute atomic E-state index is 11.0. The van der Waals surface area contributed by atoms with Gasteiger partial charge in [-0.1, -0.05) is 0 Å². The second-order valence-corrected chi connectivity index (χ2v) is 4.98. The number of nitrogens with one attached hydrogen (secondary N) is 2. The molecule has 1 atom stereocenters. The smallest absolute Gasteiger partial charge is 0.219 e. The number of rotatable bonds is 5. The molecule has 16 heavy (non-hydrogen) atoms. The minimum absolute atomic E-state index is 0.149. The molecule has 3 fully saturated rings. The summed E-state index contributed by atoms with van der Waals surface area (Å²) in [4.78, 5) is 13.6. The molecule has 1 unspecified atom stereocenters. The van der Waals surface area contributed by atoms with Gasteiger partial charge in [0.2, 0.25) is 5.91 Å². The molecule has 3 heterocycles. The van der Waals surface area contributed by atoms with Crippen LogP contribution >= 0.6 is 0 Å². The van der Waals surface area contributed by atoms with E-state index in [0.717, 1.165) is 18.9 Å². The summed E-state index contributed by atoms with van der Waals surface area (Å²) in [5.41, 5.74) is 0. The monoisotopic (exact) mass is 225 g/mol. The predicted molar refractivity (Wildman–Crippen MR) is 64.3 cm³/mol. The van der Waals surface area contributed by atoms with Gasteiger partial charge in [0, 0.05) is 26.1 Å². The van der Waals surface area contributed by atoms with Crippen LogP contribution in [-0.2, 0) is 4.79 Å². The normalized spacial score (nSPS) is 32.7. The van der Waals surface area contributed by atoms with E-state index in [-0.39, 0.29) is 5.91 Å². The van der Waals surface area contributed by atoms with Gasteiger partial charge in [0.05, 0.1) is 0 Å². The SMILES string of the molecule is CNC(=O)CCCNC1CN2CCC1CC2. The Labute approximate surface area is 97.8 Å². The first-order chi connectivity index (χ1) is 7.79. The molecule has 2 N–H and O–H groups in total. The van der Waals surface area contributed by atoms with Gasteiger partial charge in [0.15, 0.2) is 0 Å². The van der Waals surface area contributed by atoms with Gasteiger partial charge in [-0.3, -0.25) is 4.79 Å². The molecule has 0 aromatic heterocycles. The first kappa shape index (κ1) is 11.9. The quantitative estimate of drug-likeness (QED) is 0.657. The van der Waals surface area contributed by atoms with Crippen molar-refractivity contribution in [1.29, 1.82) is 0 Å². The predicted octanol–water partition coefficient (Wildman–Crippen LogP) is 0.196. The second kappa shape index (κ2) is 5.64. The molecule has 0 spiro atoms. The molecule has 0 aromatic carbocycles. The summed E-state index contributed by atoms with van der Waals surface area (Å²) >= 11 is 0. The van der Waals surface area contributed by atoms with Crippen LogP contribution in [0.15, 0.2) is 0 Å². The summed E-state index contributed by atoms with van der Waals surface area (Å²) in [6.07, 6.45) is 4.30. The van der Waals surface area contributed by atoms with E-state index in [1.54, 1.807) is 7.05 Å². The van der Waals surface area contributed by atoms with Gasteiger partial charge in [-0.05, 0) is 44.8 Å². The summed E-state index contributed by atoms with van der Waals surface area (Å²) in [5.74, 6) is 1.03. The summed E-state index contributed by atoms with van der Waals surface area (Å²) in [6.45, 7) is 4.77. The van der Waals surface area contributed by atoms with Crippen molar-refractivity contribution in [2.75, 3.05) is 33.2 Å². The first-order valence-corrected chi connectivity index (χ1v) is 6.46. The van der Waals surface area contributed by atoms with Gasteiger partial charge in [0.25, 0.3) is 0 Å². The Hall–Kier alpha value is -0.610. The van der Waals surface area contributed by atoms with E-state index in [0.29, 0.717) is 12.5 Å². The Balaban J connectivity index is 1.61. The Kier molecular flexibility index (Phi) is 4.18. The van der Waals surface area contributed by atoms with Crippen LogP contribution in [0.2, 0.25) is 0 Å². The number of hydrogen-bond donors (Lipinski definition) is 2. The van der Waals surface area contributed by atoms with E-state index >= 15 is 0 Å². The van der Waals surface area contributed by atoms with E-state index in [4.69, 9.17) is 0 Å². The third-order valence-electron chi connectivity index (χ3n) is 3.92. The number of nitrogens with zero attached hydrogens (tertiary/aromatic N) is 1. The van der Waals surface area contributed by atoms with Crippen LogP contribution in [-0.4, -0.2) is 50.1 Å². The molecule has 2 bridgehead atoms. The molecule has 92 valence electrons. The Morgan fingerprint density at radius 2 is 2.12 bits per heavy atom. The Bertz CT molecular complexity index is 236. The fraction of sp³-hybridized carbons (Fsp3) is 0.917. The highest BCUT2D eigenvalue weighted by Crippen LogP contribution is 2.27. The molecular formula is C12H23N3O. The highest BCUT2D eigenvalue weighted by molar-refractivity contribution is 5.75. The van der Waals surface area contributed by atoms with E-state index in [1.807, 2.05) is 0 Å². The lowest BCUT2D eigenvalue weighted by molar-refractivity contribution is -0.120. The number of fused-ring (bicyclic) bond motifs is 3. The zero-order valence-corrected chi connectivity index (χ0v) is 10.2. The average molecular weight is 225 g/mol. The summed E-state index contributed by atoms with van der Waals surface area (Å²) < 4.78 is 0. The highest BCUT2D eigenvalue weighted by atomic mass is 16.1. The molecule has 3 saturated heterocycles. The topological polar surface area (TPSA) is 44.4 Å². The molecule has 0 radical (unpaired) electrons. The van der Waals surface area contributed by atoms with Gasteiger partial charge in [-0.15, -0.1) is 0 Å². The summed E-state index contributed by atoms with van der Waals surface area (Å²) in [5, 5.41) is 6.27. The van der Waals surface area contributed by atoms with Crippen molar-refractivity contribution in [1.82, 2.24) is 15.5 Å². The minimum Gasteiger partial charge on any atom is -0.359 e. The molecular weight excluding hydrogens is 202 g/mol. The van der Waals surface area contributed by atoms with Crippen LogP contribution in [0.3, 0.4) is 0 Å². The maximum Gasteiger partial charge on any atom is 0.219 e. The molecule has 4 nitrogen and oxygen atoms in total. The fourth-order valence-corrected chi connectivity index (χ4v) is 2.86. The van der Waals surface area contributed by atoms with E-state index in [9.17, 15) is 4.79 Å². The van der Waals surface area contributed by atoms with Gasteiger partial charge in [0.1, 0.15) is 0 Å². The number of carbonyl (C=O) groups excluding carboxylic acids is 1. The van der Waals surface area contributed by atoms with Crippen molar-refractivity contribution in [3.05, 3.63) is 0 Å². The zero-order valence-electron chi connectivity index (χ0n) is 10.2. The van der Waals surface area contributed by atoms with Gasteiger partial charge in [-0.2, -0.15) is 0 Å². The Morgan fingerprint density at radius 1 is 1.38 bits per heavy atom. The minimum atomic E-state index is 0.149. The van der Waals surface area contributed by atoms with Crippen molar-refractivity contribution in [3.8, 4) is 0 Å². The third kappa shape index (κ3) is 2.95. The Morgan fingerprint density at radius 3 is 2.69 bits per heavy atom. The lowest BCUT2D eigenvalue weighted by atomic mass is 9.84. The molecule has 0 aliphatic carbocycles. The van der Waals surface area contributed by atoms with Crippen LogP contribution in [0, 0.1) is 5.92 Å². The lowest BCUT2D eigenvalue weighted by Gasteiger charge is -2.45. The molecule has 3 aliphatic heterocycles. The van der Waals surface area contributed by atoms with Crippen LogP contribution in [0.1, 0.15) is 25.7 Å². The number of hydrogen-bond acceptors (Lipinski definition) is 3. The number of piperidine rings is 3. The molecule has 0 saturated carbocycles. The van der Waals surface area contributed by atoms with Crippen molar-refractivity contribution in [2.24, 2.45) is 5.92 Å². The second-order valence-electron chi connectivity index (χ2n) is 4.98. The highest BCUT2D eigenvalue weighted by Gasteiger charge is 2.33. The fourth-order valence-electron chi connectivity index (χ4n) is 2.86. The molecule has 0 aromatic rings. The molecule has 1 amide bonds. The van der Waals surface area contributed by atoms with Crippen molar-refractivity contribution in [3.63, 3.8) is 0 Å². The van der Waals surface area contributed by atoms with E-state index in [2.05, 4.69) is 15.5 Å². The largest absolute Gasteiger partial charge is 0.359 e. The average Bonchev–Trinajstić information content (AvgIpc) is 2.36. The molecule has 3 aliphatic rings. The van der Waals surface area contributed by atoms with Crippen LogP contribution < -0.4 is 10.6 Å². The summed E-state index contributed by atoms with van der Waals surface area (Å²) in [7, 11) is 1.70. The van der Waals surface area contributed by atoms with Gasteiger partial charge in [-0.25, -0.2) is 0 Å². The summed E-state index contributed by atoms with van der Waals surface area (Å²) in [6, 6.07) is 0.673. The number of carbonyl (C=O) groups is 1. The van der Waals surface area contributed by atoms with E-state index in [1.165, 1.54) is 32.5 Å². The van der Waals surface area contributed by atoms with Crippen molar-refractivity contribution < 1.29 is 4.79 Å². The standard InChI is InChI=1S/C12H23N3O/c1-13-12(16)3-2-6-14-11-9-15-7-4-10(11)5-8-15/h10-11,14H,2-9H2,1H3,(H,13,16). The van der Waals surface area contributed by atoms with Crippen LogP contribution in [0.5, 0.6) is 0 Å². The third-order valence-corrected chi connectivity index (χ3v) is 3.92. The first-order valence-electron chi connectivity index (χ1n) is 6.46. The van der Waals surface area contributed by atoms with E-state index < -0.39 is 0 Å². The molecule has 3 rings (SSSR count). The zero-order chi connectivity index (χ0) is 11.4. The van der Waals surface area contributed by atoms with Gasteiger partial charge < -0.3 is 15.5 Å². The van der Waals surface area contributed by atoms with Gasteiger partial charge >= 0.3 is 0 Å². The lowest BCUT2D eigenvalue weighted by Crippen LogP contribution is -2.56. The van der Waals surface area contributed by atoms with Crippen molar-refractivity contribution >= 4 is 5.91 Å².